The van der Waals surface area contributed by atoms with Crippen LogP contribution in [-0.4, -0.2) is 159 Å². The van der Waals surface area contributed by atoms with Crippen LogP contribution in [0.5, 0.6) is 5.75 Å². The molecule has 4 rings (SSSR count). The molecule has 1 heterocycles. The summed E-state index contributed by atoms with van der Waals surface area (Å²) >= 11 is 3.11. The molecule has 1 fully saturated rings. The first-order valence-corrected chi connectivity index (χ1v) is 25.6. The van der Waals surface area contributed by atoms with E-state index in [2.05, 4.69) is 33.5 Å². The molecule has 10 N–H and O–H groups in total. The lowest BCUT2D eigenvalue weighted by molar-refractivity contribution is -0.310. The number of nitrogens with one attached hydrogen (secondary N) is 5. The topological polar surface area (TPSA) is 308 Å². The molecule has 0 aromatic heterocycles. The third-order valence-electron chi connectivity index (χ3n) is 10.9. The van der Waals surface area contributed by atoms with Crippen molar-refractivity contribution in [3.05, 3.63) is 89.5 Å². The number of aliphatic hydroxyl groups is 3. The quantitative estimate of drug-likeness (QED) is 0.0327. The summed E-state index contributed by atoms with van der Waals surface area (Å²) in [6, 6.07) is 19.2. The molecule has 388 valence electrons. The average molecular weight is 1030 g/mol. The fraction of sp³-hybridized carbons (Fsp3) is 0.490. The Labute approximate surface area is 420 Å². The molecule has 5 amide bonds. The Morgan fingerprint density at radius 3 is 2.06 bits per heavy atom. The Balaban J connectivity index is 1.28. The molecular weight excluding hydrogens is 963 g/mol. The van der Waals surface area contributed by atoms with Gasteiger partial charge in [-0.15, -0.1) is 0 Å². The summed E-state index contributed by atoms with van der Waals surface area (Å²) in [5.41, 5.74) is 2.45. The standard InChI is InChI=1S/C49H65N5O15S2/c1-3-23-70-25-20-50-46(63)35-18-19-36(39(27-35)67-30-53-40(58)12-7-8-13-41(59)60)47(64)51-21-26-71-24-9-22-68-49(48(65)66)28-37(56)42(54-31(2)55)44(69-49)43(61)38(57)29-52-45(62)34-16-14-33(15-17-34)32-10-5-4-6-11-32/h4-6,10-11,14-19,27,37-38,42-44,56-57,61H,3,7-9,12-13,20-26,28-30H2,1-2H3,(H,50,63)(H,51,64)(H,52,62)(H,53,58)(H,54,55)(H,59,60)(H,65,66)/t37-,38+,42+,43+,44+,49+/m0/s1. The van der Waals surface area contributed by atoms with Gasteiger partial charge in [0.25, 0.3) is 23.5 Å². The molecule has 0 saturated carbocycles. The fourth-order valence-electron chi connectivity index (χ4n) is 7.27. The van der Waals surface area contributed by atoms with E-state index in [4.69, 9.17) is 19.3 Å². The van der Waals surface area contributed by atoms with E-state index < -0.39 is 78.9 Å². The Morgan fingerprint density at radius 1 is 0.761 bits per heavy atom. The number of carboxylic acid groups (broad SMARTS) is 2. The molecule has 1 saturated heterocycles. The molecule has 20 nitrogen and oxygen atoms in total. The maximum absolute atomic E-state index is 13.3. The number of aliphatic carboxylic acids is 2. The van der Waals surface area contributed by atoms with Crippen molar-refractivity contribution in [1.82, 2.24) is 26.6 Å². The van der Waals surface area contributed by atoms with Crippen molar-refractivity contribution in [3.8, 4) is 16.9 Å². The van der Waals surface area contributed by atoms with Gasteiger partial charge in [0, 0.05) is 68.5 Å². The number of benzene rings is 3. The van der Waals surface area contributed by atoms with E-state index in [9.17, 15) is 54.0 Å². The van der Waals surface area contributed by atoms with Crippen LogP contribution in [0.3, 0.4) is 0 Å². The third-order valence-corrected chi connectivity index (χ3v) is 13.2. The van der Waals surface area contributed by atoms with E-state index in [1.165, 1.54) is 30.0 Å². The third kappa shape index (κ3) is 19.1. The van der Waals surface area contributed by atoms with Crippen molar-refractivity contribution in [1.29, 1.82) is 0 Å². The van der Waals surface area contributed by atoms with E-state index in [-0.39, 0.29) is 73.4 Å². The molecule has 6 atom stereocenters. The van der Waals surface area contributed by atoms with Gasteiger partial charge in [-0.2, -0.15) is 23.5 Å². The van der Waals surface area contributed by atoms with Crippen LogP contribution in [0.1, 0.15) is 89.9 Å². The molecular formula is C49H65N5O15S2. The molecule has 0 bridgehead atoms. The number of hydrogen-bond acceptors (Lipinski definition) is 15. The molecule has 71 heavy (non-hydrogen) atoms. The van der Waals surface area contributed by atoms with Crippen LogP contribution in [0.2, 0.25) is 0 Å². The van der Waals surface area contributed by atoms with Crippen molar-refractivity contribution >= 4 is 65.0 Å². The van der Waals surface area contributed by atoms with E-state index >= 15 is 0 Å². The summed E-state index contributed by atoms with van der Waals surface area (Å²) < 4.78 is 17.3. The first-order chi connectivity index (χ1) is 34.0. The molecule has 0 radical (unpaired) electrons. The number of thioether (sulfide) groups is 2. The molecule has 0 aliphatic carbocycles. The summed E-state index contributed by atoms with van der Waals surface area (Å²) in [4.78, 5) is 87.1. The number of carboxylic acids is 2. The normalized spacial score (nSPS) is 18.3. The Kier molecular flexibility index (Phi) is 24.6. The maximum Gasteiger partial charge on any atom is 0.364 e. The number of aliphatic hydroxyl groups excluding tert-OH is 3. The minimum absolute atomic E-state index is 0.0503. The van der Waals surface area contributed by atoms with Crippen LogP contribution in [0.25, 0.3) is 11.1 Å². The molecule has 3 aromatic rings. The fourth-order valence-corrected chi connectivity index (χ4v) is 8.78. The van der Waals surface area contributed by atoms with Crippen molar-refractivity contribution in [3.63, 3.8) is 0 Å². The lowest BCUT2D eigenvalue weighted by Crippen LogP contribution is -2.68. The molecule has 1 aliphatic rings. The second-order valence-electron chi connectivity index (χ2n) is 16.5. The number of ether oxygens (including phenoxy) is 3. The van der Waals surface area contributed by atoms with Crippen LogP contribution in [0, 0.1) is 0 Å². The van der Waals surface area contributed by atoms with Gasteiger partial charge in [0.1, 0.15) is 18.0 Å². The summed E-state index contributed by atoms with van der Waals surface area (Å²) in [6.07, 6.45) is -5.60. The maximum atomic E-state index is 13.3. The Morgan fingerprint density at radius 2 is 1.39 bits per heavy atom. The van der Waals surface area contributed by atoms with E-state index in [1.54, 1.807) is 36.0 Å². The van der Waals surface area contributed by atoms with Gasteiger partial charge in [-0.1, -0.05) is 49.4 Å². The zero-order chi connectivity index (χ0) is 51.8. The summed E-state index contributed by atoms with van der Waals surface area (Å²) in [5.74, 6) is -4.94. The minimum Gasteiger partial charge on any atom is -0.481 e. The van der Waals surface area contributed by atoms with Crippen molar-refractivity contribution in [2.24, 2.45) is 0 Å². The van der Waals surface area contributed by atoms with Crippen LogP contribution in [-0.2, 0) is 28.7 Å². The first-order valence-electron chi connectivity index (χ1n) is 23.3. The number of rotatable bonds is 31. The second-order valence-corrected chi connectivity index (χ2v) is 18.9. The Bertz CT molecular complexity index is 2220. The van der Waals surface area contributed by atoms with Crippen molar-refractivity contribution in [2.45, 2.75) is 95.0 Å². The van der Waals surface area contributed by atoms with E-state index in [0.29, 0.717) is 30.9 Å². The van der Waals surface area contributed by atoms with Gasteiger partial charge < -0.3 is 66.3 Å². The zero-order valence-electron chi connectivity index (χ0n) is 39.8. The summed E-state index contributed by atoms with van der Waals surface area (Å²) in [5, 5.41) is 65.7. The molecule has 22 heteroatoms. The lowest BCUT2D eigenvalue weighted by Gasteiger charge is -2.46. The summed E-state index contributed by atoms with van der Waals surface area (Å²) in [7, 11) is 0. The van der Waals surface area contributed by atoms with Crippen molar-refractivity contribution < 1.29 is 73.3 Å². The van der Waals surface area contributed by atoms with Crippen LogP contribution in [0.15, 0.2) is 72.8 Å². The number of hydrogen-bond donors (Lipinski definition) is 10. The van der Waals surface area contributed by atoms with Crippen LogP contribution in [0.4, 0.5) is 0 Å². The average Bonchev–Trinajstić information content (AvgIpc) is 3.35. The number of carbonyl (C=O) groups excluding carboxylic acids is 5. The van der Waals surface area contributed by atoms with Gasteiger partial charge in [0.05, 0.1) is 30.4 Å². The highest BCUT2D eigenvalue weighted by Gasteiger charge is 2.55. The molecule has 1 aliphatic heterocycles. The van der Waals surface area contributed by atoms with Gasteiger partial charge in [0.15, 0.2) is 6.73 Å². The number of unbranched alkanes of at least 4 members (excludes halogenated alkanes) is 1. The molecule has 3 aromatic carbocycles. The predicted molar refractivity (Wildman–Crippen MR) is 266 cm³/mol. The highest BCUT2D eigenvalue weighted by molar-refractivity contribution is 7.99. The van der Waals surface area contributed by atoms with E-state index in [1.807, 2.05) is 30.3 Å². The monoisotopic (exact) mass is 1030 g/mol. The van der Waals surface area contributed by atoms with Crippen LogP contribution >= 0.6 is 23.5 Å². The second kappa shape index (κ2) is 30.2. The SMILES string of the molecule is CCCSCCNC(=O)c1ccc(C(=O)NCCSCCCO[C@]2(C(=O)O)C[C@H](O)[C@@H](NC(C)=O)[C@H]([C@H](O)[C@H](O)CNC(=O)c3ccc(-c4ccccc4)cc3)O2)c(OCNC(=O)CCCCC(=O)O)c1. The largest absolute Gasteiger partial charge is 0.481 e. The van der Waals surface area contributed by atoms with Gasteiger partial charge >= 0.3 is 11.9 Å². The summed E-state index contributed by atoms with van der Waals surface area (Å²) in [6.45, 7) is 2.84. The Hall–Kier alpha value is -5.75. The van der Waals surface area contributed by atoms with E-state index in [0.717, 1.165) is 36.0 Å². The van der Waals surface area contributed by atoms with Gasteiger partial charge in [-0.3, -0.25) is 28.8 Å². The highest BCUT2D eigenvalue weighted by Crippen LogP contribution is 2.34. The predicted octanol–water partition coefficient (Wildman–Crippen LogP) is 2.78. The molecule has 0 unspecified atom stereocenters. The number of carbonyl (C=O) groups is 7. The molecule has 0 spiro atoms. The van der Waals surface area contributed by atoms with Crippen LogP contribution < -0.4 is 31.3 Å². The minimum atomic E-state index is -2.49. The lowest BCUT2D eigenvalue weighted by atomic mass is 9.88. The highest BCUT2D eigenvalue weighted by atomic mass is 32.2. The van der Waals surface area contributed by atoms with Gasteiger partial charge in [0.2, 0.25) is 11.8 Å². The first kappa shape index (κ1) is 57.8. The van der Waals surface area contributed by atoms with Gasteiger partial charge in [-0.05, 0) is 78.6 Å². The zero-order valence-corrected chi connectivity index (χ0v) is 41.4. The van der Waals surface area contributed by atoms with Crippen molar-refractivity contribution in [2.75, 3.05) is 56.0 Å². The van der Waals surface area contributed by atoms with Gasteiger partial charge in [-0.25, -0.2) is 4.79 Å². The smallest absolute Gasteiger partial charge is 0.364 e. The number of amides is 5.